The number of ether oxygens (including phenoxy) is 1. The number of nitriles is 1. The molecule has 8 heteroatoms. The van der Waals surface area contributed by atoms with E-state index in [0.717, 1.165) is 0 Å². The summed E-state index contributed by atoms with van der Waals surface area (Å²) in [5.41, 5.74) is 6.92. The fraction of sp³-hybridized carbons (Fsp3) is 0.188. The van der Waals surface area contributed by atoms with Gasteiger partial charge in [-0.2, -0.15) is 5.26 Å². The van der Waals surface area contributed by atoms with Crippen LogP contribution in [-0.4, -0.2) is 16.1 Å². The van der Waals surface area contributed by atoms with E-state index in [4.69, 9.17) is 22.1 Å². The lowest BCUT2D eigenvalue weighted by molar-refractivity contribution is -0.118. The molecule has 1 spiro atoms. The van der Waals surface area contributed by atoms with E-state index in [-0.39, 0.29) is 23.2 Å². The van der Waals surface area contributed by atoms with E-state index in [0.29, 0.717) is 34.0 Å². The fourth-order valence-corrected chi connectivity index (χ4v) is 3.62. The summed E-state index contributed by atoms with van der Waals surface area (Å²) in [7, 11) is 0. The van der Waals surface area contributed by atoms with Crippen molar-refractivity contribution in [3.8, 4) is 11.9 Å². The Morgan fingerprint density at radius 1 is 1.50 bits per heavy atom. The van der Waals surface area contributed by atoms with Crippen molar-refractivity contribution in [2.75, 3.05) is 5.32 Å². The lowest BCUT2D eigenvalue weighted by Gasteiger charge is -2.31. The third-order valence-electron chi connectivity index (χ3n) is 4.45. The summed E-state index contributed by atoms with van der Waals surface area (Å²) in [6.07, 6.45) is 0.579. The molecular formula is C16H12ClN5O2. The van der Waals surface area contributed by atoms with Crippen molar-refractivity contribution in [3.63, 3.8) is 0 Å². The minimum absolute atomic E-state index is 0.0321. The SMILES string of the molecule is CCc1[nH]nc2c1[C@]1(C(=O)Nc3ccc(Cl)cc31)C(C#N)=C(N)O2. The maximum absolute atomic E-state index is 13.1. The molecule has 0 aliphatic carbocycles. The number of aromatic nitrogens is 2. The summed E-state index contributed by atoms with van der Waals surface area (Å²) in [4.78, 5) is 13.1. The summed E-state index contributed by atoms with van der Waals surface area (Å²) in [6.45, 7) is 1.92. The zero-order valence-electron chi connectivity index (χ0n) is 12.6. The predicted molar refractivity (Wildman–Crippen MR) is 86.3 cm³/mol. The Labute approximate surface area is 142 Å². The van der Waals surface area contributed by atoms with Crippen molar-refractivity contribution in [3.05, 3.63) is 51.5 Å². The number of carbonyl (C=O) groups excluding carboxylic acids is 1. The van der Waals surface area contributed by atoms with Crippen LogP contribution in [0.15, 0.2) is 29.7 Å². The van der Waals surface area contributed by atoms with Crippen LogP contribution in [0.2, 0.25) is 5.02 Å². The van der Waals surface area contributed by atoms with Crippen LogP contribution in [0, 0.1) is 11.3 Å². The Bertz CT molecular complexity index is 971. The number of amides is 1. The summed E-state index contributed by atoms with van der Waals surface area (Å²) in [5, 5.41) is 20.0. The van der Waals surface area contributed by atoms with E-state index < -0.39 is 5.41 Å². The van der Waals surface area contributed by atoms with Gasteiger partial charge in [-0.25, -0.2) is 0 Å². The van der Waals surface area contributed by atoms with Gasteiger partial charge in [0.1, 0.15) is 17.1 Å². The first kappa shape index (κ1) is 14.6. The zero-order chi connectivity index (χ0) is 17.1. The van der Waals surface area contributed by atoms with Crippen LogP contribution < -0.4 is 15.8 Å². The van der Waals surface area contributed by atoms with Crippen molar-refractivity contribution in [1.29, 1.82) is 5.26 Å². The van der Waals surface area contributed by atoms with Gasteiger partial charge in [-0.05, 0) is 24.6 Å². The normalized spacial score (nSPS) is 21.1. The van der Waals surface area contributed by atoms with Gasteiger partial charge in [0.15, 0.2) is 0 Å². The minimum atomic E-state index is -1.41. The molecule has 120 valence electrons. The molecule has 0 bridgehead atoms. The topological polar surface area (TPSA) is 117 Å². The average Bonchev–Trinajstić information content (AvgIpc) is 3.08. The van der Waals surface area contributed by atoms with Crippen LogP contribution in [0.5, 0.6) is 5.88 Å². The number of aromatic amines is 1. The molecule has 4 N–H and O–H groups in total. The van der Waals surface area contributed by atoms with Gasteiger partial charge in [0.2, 0.25) is 17.7 Å². The second kappa shape index (κ2) is 4.76. The summed E-state index contributed by atoms with van der Waals surface area (Å²) in [6, 6.07) is 7.09. The highest BCUT2D eigenvalue weighted by Crippen LogP contribution is 2.54. The summed E-state index contributed by atoms with van der Waals surface area (Å²) < 4.78 is 5.48. The quantitative estimate of drug-likeness (QED) is 0.733. The Morgan fingerprint density at radius 2 is 2.29 bits per heavy atom. The first-order valence-corrected chi connectivity index (χ1v) is 7.69. The van der Waals surface area contributed by atoms with Crippen LogP contribution >= 0.6 is 11.6 Å². The lowest BCUT2D eigenvalue weighted by Crippen LogP contribution is -2.42. The monoisotopic (exact) mass is 341 g/mol. The molecule has 4 rings (SSSR count). The van der Waals surface area contributed by atoms with Crippen molar-refractivity contribution in [2.24, 2.45) is 5.73 Å². The maximum atomic E-state index is 13.1. The molecule has 24 heavy (non-hydrogen) atoms. The van der Waals surface area contributed by atoms with Crippen molar-refractivity contribution < 1.29 is 9.53 Å². The van der Waals surface area contributed by atoms with Gasteiger partial charge in [0, 0.05) is 22.0 Å². The van der Waals surface area contributed by atoms with Gasteiger partial charge >= 0.3 is 0 Å². The highest BCUT2D eigenvalue weighted by Gasteiger charge is 2.58. The summed E-state index contributed by atoms with van der Waals surface area (Å²) in [5.74, 6) is -0.312. The first-order chi connectivity index (χ1) is 11.5. The largest absolute Gasteiger partial charge is 0.420 e. The number of nitrogens with zero attached hydrogens (tertiary/aromatic N) is 2. The molecule has 0 unspecified atom stereocenters. The van der Waals surface area contributed by atoms with Gasteiger partial charge < -0.3 is 15.8 Å². The lowest BCUT2D eigenvalue weighted by atomic mass is 9.69. The second-order valence-electron chi connectivity index (χ2n) is 5.58. The second-order valence-corrected chi connectivity index (χ2v) is 6.02. The number of carbonyl (C=O) groups is 1. The van der Waals surface area contributed by atoms with Crippen LogP contribution in [0.3, 0.4) is 0 Å². The molecule has 2 aliphatic rings. The molecule has 1 aromatic heterocycles. The third kappa shape index (κ3) is 1.56. The molecule has 7 nitrogen and oxygen atoms in total. The highest BCUT2D eigenvalue weighted by atomic mass is 35.5. The van der Waals surface area contributed by atoms with E-state index in [9.17, 15) is 10.1 Å². The molecule has 1 aromatic carbocycles. The molecule has 0 fully saturated rings. The Morgan fingerprint density at radius 3 is 3.00 bits per heavy atom. The molecule has 3 heterocycles. The zero-order valence-corrected chi connectivity index (χ0v) is 13.4. The highest BCUT2D eigenvalue weighted by molar-refractivity contribution is 6.31. The number of rotatable bonds is 1. The first-order valence-electron chi connectivity index (χ1n) is 7.31. The Kier molecular flexibility index (Phi) is 2.89. The smallest absolute Gasteiger partial charge is 0.245 e. The van der Waals surface area contributed by atoms with E-state index >= 15 is 0 Å². The number of hydrogen-bond donors (Lipinski definition) is 3. The third-order valence-corrected chi connectivity index (χ3v) is 4.69. The average molecular weight is 342 g/mol. The van der Waals surface area contributed by atoms with Crippen LogP contribution in [0.25, 0.3) is 0 Å². The van der Waals surface area contributed by atoms with Crippen LogP contribution in [-0.2, 0) is 16.6 Å². The number of H-pyrrole nitrogens is 1. The van der Waals surface area contributed by atoms with Crippen LogP contribution in [0.4, 0.5) is 5.69 Å². The fourth-order valence-electron chi connectivity index (χ4n) is 3.45. The van der Waals surface area contributed by atoms with E-state index in [1.165, 1.54) is 0 Å². The number of hydrogen-bond acceptors (Lipinski definition) is 5. The minimum Gasteiger partial charge on any atom is -0.420 e. The number of nitrogens with one attached hydrogen (secondary N) is 2. The van der Waals surface area contributed by atoms with E-state index in [2.05, 4.69) is 15.5 Å². The number of anilines is 1. The maximum Gasteiger partial charge on any atom is 0.245 e. The number of benzene rings is 1. The number of halogens is 1. The van der Waals surface area contributed by atoms with Crippen LogP contribution in [0.1, 0.15) is 23.7 Å². The predicted octanol–water partition coefficient (Wildman–Crippen LogP) is 1.95. The summed E-state index contributed by atoms with van der Waals surface area (Å²) >= 11 is 6.15. The van der Waals surface area contributed by atoms with Gasteiger partial charge in [-0.1, -0.05) is 18.5 Å². The van der Waals surface area contributed by atoms with E-state index in [1.807, 2.05) is 13.0 Å². The van der Waals surface area contributed by atoms with Crippen molar-refractivity contribution in [2.45, 2.75) is 18.8 Å². The van der Waals surface area contributed by atoms with E-state index in [1.54, 1.807) is 18.2 Å². The van der Waals surface area contributed by atoms with Gasteiger partial charge in [0.25, 0.3) is 0 Å². The standard InChI is InChI=1S/C16H12ClN5O2/c1-2-10-12-14(22-21-10)24-13(19)9(6-18)16(12)8-5-7(17)3-4-11(8)20-15(16)23/h3-5H,2,19H2,1H3,(H,20,23)(H,21,22)/t16-/m1/s1. The number of fused-ring (bicyclic) bond motifs is 4. The van der Waals surface area contributed by atoms with Gasteiger partial charge in [-0.15, -0.1) is 5.10 Å². The molecule has 1 atom stereocenters. The molecule has 0 saturated heterocycles. The van der Waals surface area contributed by atoms with Crippen molar-refractivity contribution >= 4 is 23.2 Å². The molecule has 0 radical (unpaired) electrons. The molecule has 2 aromatic rings. The molecule has 1 amide bonds. The van der Waals surface area contributed by atoms with Crippen molar-refractivity contribution in [1.82, 2.24) is 10.2 Å². The molecular weight excluding hydrogens is 330 g/mol. The number of aryl methyl sites for hydroxylation is 1. The Balaban J connectivity index is 2.17. The molecule has 2 aliphatic heterocycles. The molecule has 0 saturated carbocycles. The van der Waals surface area contributed by atoms with Gasteiger partial charge in [0.05, 0.1) is 5.56 Å². The van der Waals surface area contributed by atoms with Gasteiger partial charge in [-0.3, -0.25) is 9.89 Å². The number of nitrogens with two attached hydrogens (primary N) is 1. The Hall–Kier alpha value is -2.98.